The highest BCUT2D eigenvalue weighted by Crippen LogP contribution is 2.20. The molecule has 2 heterocycles. The van der Waals surface area contributed by atoms with E-state index in [0.29, 0.717) is 0 Å². The molecule has 0 spiro atoms. The number of nitrogens with one attached hydrogen (secondary N) is 1. The number of pyridine rings is 1. The quantitative estimate of drug-likeness (QED) is 0.649. The van der Waals surface area contributed by atoms with E-state index >= 15 is 0 Å². The van der Waals surface area contributed by atoms with Crippen LogP contribution in [0.25, 0.3) is 0 Å². The number of hydrogen-bond acceptors (Lipinski definition) is 4. The summed E-state index contributed by atoms with van der Waals surface area (Å²) in [6.07, 6.45) is 2.91. The van der Waals surface area contributed by atoms with Gasteiger partial charge >= 0.3 is 0 Å². The van der Waals surface area contributed by atoms with Crippen LogP contribution in [0.15, 0.2) is 42.6 Å². The Labute approximate surface area is 113 Å². The molecule has 0 amide bonds. The second-order valence-electron chi connectivity index (χ2n) is 4.91. The maximum Gasteiger partial charge on any atom is 0.0565 e. The van der Waals surface area contributed by atoms with Gasteiger partial charge in [0.15, 0.2) is 0 Å². The average Bonchev–Trinajstić information content (AvgIpc) is 2.47. The Morgan fingerprint density at radius 1 is 1.21 bits per heavy atom. The van der Waals surface area contributed by atoms with Crippen LogP contribution in [0.1, 0.15) is 16.8 Å². The molecule has 3 N–H and O–H groups in total. The van der Waals surface area contributed by atoms with Crippen LogP contribution in [0.5, 0.6) is 0 Å². The van der Waals surface area contributed by atoms with Gasteiger partial charge in [-0.1, -0.05) is 24.3 Å². The number of nitrogen functional groups attached to an aromatic ring is 1. The van der Waals surface area contributed by atoms with Gasteiger partial charge in [0, 0.05) is 25.8 Å². The molecule has 0 saturated carbocycles. The summed E-state index contributed by atoms with van der Waals surface area (Å²) >= 11 is 0. The van der Waals surface area contributed by atoms with E-state index in [0.717, 1.165) is 37.4 Å². The summed E-state index contributed by atoms with van der Waals surface area (Å²) in [5, 5.41) is 0. The van der Waals surface area contributed by atoms with Crippen LogP contribution in [-0.2, 0) is 19.5 Å². The first-order valence-electron chi connectivity index (χ1n) is 6.56. The second kappa shape index (κ2) is 5.38. The predicted octanol–water partition coefficient (Wildman–Crippen LogP) is 1.93. The summed E-state index contributed by atoms with van der Waals surface area (Å²) in [4.78, 5) is 6.82. The van der Waals surface area contributed by atoms with Crippen LogP contribution < -0.4 is 11.3 Å². The zero-order chi connectivity index (χ0) is 13.1. The van der Waals surface area contributed by atoms with E-state index in [-0.39, 0.29) is 0 Å². The van der Waals surface area contributed by atoms with Crippen molar-refractivity contribution in [3.63, 3.8) is 0 Å². The molecule has 0 bridgehead atoms. The van der Waals surface area contributed by atoms with Gasteiger partial charge in [-0.3, -0.25) is 15.7 Å². The highest BCUT2D eigenvalue weighted by atomic mass is 15.2. The number of nitrogens with two attached hydrogens (primary N) is 1. The maximum absolute atomic E-state index is 5.42. The minimum Gasteiger partial charge on any atom is -0.324 e. The molecule has 98 valence electrons. The number of fused-ring (bicyclic) bond motifs is 1. The number of aromatic nitrogens is 1. The molecule has 19 heavy (non-hydrogen) atoms. The van der Waals surface area contributed by atoms with Gasteiger partial charge in [0.05, 0.1) is 11.4 Å². The fourth-order valence-electron chi connectivity index (χ4n) is 2.57. The van der Waals surface area contributed by atoms with Crippen LogP contribution in [0, 0.1) is 0 Å². The Kier molecular flexibility index (Phi) is 3.44. The average molecular weight is 254 g/mol. The summed E-state index contributed by atoms with van der Waals surface area (Å²) in [6, 6.07) is 12.5. The lowest BCUT2D eigenvalue weighted by Gasteiger charge is -2.28. The number of hydrogen-bond donors (Lipinski definition) is 2. The van der Waals surface area contributed by atoms with Crippen molar-refractivity contribution in [3.8, 4) is 0 Å². The fraction of sp³-hybridized carbons (Fsp3) is 0.267. The summed E-state index contributed by atoms with van der Waals surface area (Å²) in [5.74, 6) is 5.42. The third kappa shape index (κ3) is 2.75. The van der Waals surface area contributed by atoms with Gasteiger partial charge in [-0.15, -0.1) is 0 Å². The molecule has 4 heteroatoms. The SMILES string of the molecule is NNc1ccnc(CN2CCc3ccccc3C2)c1. The Morgan fingerprint density at radius 3 is 2.89 bits per heavy atom. The molecule has 0 aliphatic carbocycles. The molecule has 1 aromatic heterocycles. The van der Waals surface area contributed by atoms with E-state index in [1.165, 1.54) is 11.1 Å². The number of nitrogens with zero attached hydrogens (tertiary/aromatic N) is 2. The molecule has 0 saturated heterocycles. The molecular formula is C15H18N4. The van der Waals surface area contributed by atoms with Gasteiger partial charge in [-0.25, -0.2) is 0 Å². The van der Waals surface area contributed by atoms with Gasteiger partial charge in [0.1, 0.15) is 0 Å². The highest BCUT2D eigenvalue weighted by Gasteiger charge is 2.16. The van der Waals surface area contributed by atoms with Gasteiger partial charge in [-0.2, -0.15) is 0 Å². The van der Waals surface area contributed by atoms with Gasteiger partial charge < -0.3 is 5.43 Å². The first kappa shape index (κ1) is 12.1. The lowest BCUT2D eigenvalue weighted by atomic mass is 10.00. The predicted molar refractivity (Wildman–Crippen MR) is 76.3 cm³/mol. The third-order valence-electron chi connectivity index (χ3n) is 3.58. The molecule has 0 fully saturated rings. The number of rotatable bonds is 3. The highest BCUT2D eigenvalue weighted by molar-refractivity contribution is 5.41. The molecule has 3 rings (SSSR count). The van der Waals surface area contributed by atoms with Crippen molar-refractivity contribution >= 4 is 5.69 Å². The summed E-state index contributed by atoms with van der Waals surface area (Å²) in [5.41, 5.74) is 7.53. The Hall–Kier alpha value is -1.91. The van der Waals surface area contributed by atoms with Crippen molar-refractivity contribution in [1.29, 1.82) is 0 Å². The van der Waals surface area contributed by atoms with Crippen molar-refractivity contribution in [2.24, 2.45) is 5.84 Å². The Morgan fingerprint density at radius 2 is 2.05 bits per heavy atom. The van der Waals surface area contributed by atoms with E-state index in [4.69, 9.17) is 5.84 Å². The van der Waals surface area contributed by atoms with Gasteiger partial charge in [-0.05, 0) is 29.7 Å². The van der Waals surface area contributed by atoms with E-state index in [2.05, 4.69) is 39.6 Å². The molecule has 1 aliphatic rings. The summed E-state index contributed by atoms with van der Waals surface area (Å²) < 4.78 is 0. The number of benzene rings is 1. The van der Waals surface area contributed by atoms with Crippen molar-refractivity contribution < 1.29 is 0 Å². The lowest BCUT2D eigenvalue weighted by Crippen LogP contribution is -2.30. The Balaban J connectivity index is 1.71. The first-order chi connectivity index (χ1) is 9.35. The zero-order valence-corrected chi connectivity index (χ0v) is 10.8. The summed E-state index contributed by atoms with van der Waals surface area (Å²) in [6.45, 7) is 2.95. The smallest absolute Gasteiger partial charge is 0.0565 e. The van der Waals surface area contributed by atoms with Gasteiger partial charge in [0.25, 0.3) is 0 Å². The van der Waals surface area contributed by atoms with Crippen LogP contribution >= 0.6 is 0 Å². The van der Waals surface area contributed by atoms with Crippen molar-refractivity contribution in [3.05, 3.63) is 59.4 Å². The van der Waals surface area contributed by atoms with E-state index in [1.807, 2.05) is 12.1 Å². The molecule has 0 unspecified atom stereocenters. The normalized spacial score (nSPS) is 15.0. The Bertz CT molecular complexity index is 568. The molecule has 0 radical (unpaired) electrons. The standard InChI is InChI=1S/C15H18N4/c16-18-14-5-7-17-15(9-14)11-19-8-6-12-3-1-2-4-13(12)10-19/h1-5,7,9H,6,8,10-11,16H2,(H,17,18). The van der Waals surface area contributed by atoms with Crippen molar-refractivity contribution in [1.82, 2.24) is 9.88 Å². The zero-order valence-electron chi connectivity index (χ0n) is 10.8. The lowest BCUT2D eigenvalue weighted by molar-refractivity contribution is 0.243. The minimum atomic E-state index is 0.865. The van der Waals surface area contributed by atoms with E-state index in [1.54, 1.807) is 6.20 Å². The first-order valence-corrected chi connectivity index (χ1v) is 6.56. The van der Waals surface area contributed by atoms with Crippen LogP contribution in [0.4, 0.5) is 5.69 Å². The summed E-state index contributed by atoms with van der Waals surface area (Å²) in [7, 11) is 0. The minimum absolute atomic E-state index is 0.865. The number of hydrazine groups is 1. The molecule has 4 nitrogen and oxygen atoms in total. The van der Waals surface area contributed by atoms with Gasteiger partial charge in [0.2, 0.25) is 0 Å². The molecule has 0 atom stereocenters. The van der Waals surface area contributed by atoms with Crippen LogP contribution in [0.3, 0.4) is 0 Å². The number of anilines is 1. The maximum atomic E-state index is 5.42. The van der Waals surface area contributed by atoms with Crippen molar-refractivity contribution in [2.45, 2.75) is 19.5 Å². The van der Waals surface area contributed by atoms with Crippen molar-refractivity contribution in [2.75, 3.05) is 12.0 Å². The van der Waals surface area contributed by atoms with E-state index < -0.39 is 0 Å². The monoisotopic (exact) mass is 254 g/mol. The van der Waals surface area contributed by atoms with E-state index in [9.17, 15) is 0 Å². The fourth-order valence-corrected chi connectivity index (χ4v) is 2.57. The molecular weight excluding hydrogens is 236 g/mol. The molecule has 2 aromatic rings. The van der Waals surface area contributed by atoms with Crippen LogP contribution in [0.2, 0.25) is 0 Å². The topological polar surface area (TPSA) is 54.2 Å². The second-order valence-corrected chi connectivity index (χ2v) is 4.91. The molecule has 1 aromatic carbocycles. The molecule has 1 aliphatic heterocycles. The van der Waals surface area contributed by atoms with Crippen LogP contribution in [-0.4, -0.2) is 16.4 Å². The largest absolute Gasteiger partial charge is 0.324 e. The third-order valence-corrected chi connectivity index (χ3v) is 3.58.